The number of urea groups is 1. The van der Waals surface area contributed by atoms with Crippen LogP contribution in [0.3, 0.4) is 0 Å². The number of methoxy groups -OCH3 is 3. The second-order valence-electron chi connectivity index (χ2n) is 4.36. The molecular formula is C16H18N2O4. The first-order chi connectivity index (χ1) is 10.7. The van der Waals surface area contributed by atoms with Crippen molar-refractivity contribution < 1.29 is 19.0 Å². The van der Waals surface area contributed by atoms with Gasteiger partial charge >= 0.3 is 6.03 Å². The summed E-state index contributed by atoms with van der Waals surface area (Å²) in [6, 6.07) is 12.1. The van der Waals surface area contributed by atoms with E-state index in [0.29, 0.717) is 28.6 Å². The van der Waals surface area contributed by atoms with E-state index >= 15 is 0 Å². The first kappa shape index (κ1) is 15.5. The average Bonchev–Trinajstić information content (AvgIpc) is 2.54. The lowest BCUT2D eigenvalue weighted by Crippen LogP contribution is -2.19. The Bertz CT molecular complexity index is 619. The van der Waals surface area contributed by atoms with Gasteiger partial charge < -0.3 is 24.8 Å². The van der Waals surface area contributed by atoms with Crippen LogP contribution in [0.2, 0.25) is 0 Å². The molecule has 0 saturated carbocycles. The van der Waals surface area contributed by atoms with Crippen LogP contribution in [0.5, 0.6) is 17.2 Å². The summed E-state index contributed by atoms with van der Waals surface area (Å²) in [4.78, 5) is 12.0. The van der Waals surface area contributed by atoms with Crippen molar-refractivity contribution in [1.29, 1.82) is 0 Å². The highest BCUT2D eigenvalue weighted by Gasteiger charge is 2.14. The Balaban J connectivity index is 2.17. The summed E-state index contributed by atoms with van der Waals surface area (Å²) in [7, 11) is 4.56. The van der Waals surface area contributed by atoms with Gasteiger partial charge in [0.05, 0.1) is 27.0 Å². The normalized spacial score (nSPS) is 9.77. The maximum absolute atomic E-state index is 12.0. The molecular weight excluding hydrogens is 284 g/mol. The van der Waals surface area contributed by atoms with Gasteiger partial charge in [-0.25, -0.2) is 4.79 Å². The molecule has 0 unspecified atom stereocenters. The second kappa shape index (κ2) is 7.21. The number of carbonyl (C=O) groups excluding carboxylic acids is 1. The first-order valence-corrected chi connectivity index (χ1v) is 6.61. The van der Waals surface area contributed by atoms with Crippen LogP contribution in [-0.4, -0.2) is 27.4 Å². The minimum atomic E-state index is -0.361. The highest BCUT2D eigenvalue weighted by molar-refractivity contribution is 6.00. The number of ether oxygens (including phenoxy) is 3. The van der Waals surface area contributed by atoms with E-state index in [9.17, 15) is 4.79 Å². The Morgan fingerprint density at radius 1 is 0.818 bits per heavy atom. The number of rotatable bonds is 5. The minimum Gasteiger partial charge on any atom is -0.493 e. The molecule has 0 radical (unpaired) electrons. The number of benzene rings is 2. The molecule has 0 atom stereocenters. The third kappa shape index (κ3) is 3.60. The van der Waals surface area contributed by atoms with E-state index < -0.39 is 0 Å². The van der Waals surface area contributed by atoms with Crippen LogP contribution < -0.4 is 24.8 Å². The Morgan fingerprint density at radius 3 is 1.86 bits per heavy atom. The summed E-state index contributed by atoms with van der Waals surface area (Å²) in [5.74, 6) is 1.41. The molecule has 116 valence electrons. The van der Waals surface area contributed by atoms with Gasteiger partial charge in [0.15, 0.2) is 11.5 Å². The monoisotopic (exact) mass is 302 g/mol. The molecule has 22 heavy (non-hydrogen) atoms. The lowest BCUT2D eigenvalue weighted by molar-refractivity contribution is 0.262. The zero-order valence-corrected chi connectivity index (χ0v) is 12.7. The quantitative estimate of drug-likeness (QED) is 0.888. The molecule has 0 fully saturated rings. The van der Waals surface area contributed by atoms with E-state index in [1.807, 2.05) is 18.2 Å². The summed E-state index contributed by atoms with van der Waals surface area (Å²) in [6.07, 6.45) is 0. The zero-order valence-electron chi connectivity index (χ0n) is 12.7. The first-order valence-electron chi connectivity index (χ1n) is 6.61. The summed E-state index contributed by atoms with van der Waals surface area (Å²) >= 11 is 0. The van der Waals surface area contributed by atoms with Crippen LogP contribution in [0.25, 0.3) is 0 Å². The second-order valence-corrected chi connectivity index (χ2v) is 4.36. The molecule has 6 heteroatoms. The molecule has 6 nitrogen and oxygen atoms in total. The number of hydrogen-bond acceptors (Lipinski definition) is 4. The Kier molecular flexibility index (Phi) is 5.08. The predicted molar refractivity (Wildman–Crippen MR) is 85.2 cm³/mol. The molecule has 2 N–H and O–H groups in total. The average molecular weight is 302 g/mol. The molecule has 2 aromatic carbocycles. The summed E-state index contributed by atoms with van der Waals surface area (Å²) < 4.78 is 15.7. The van der Waals surface area contributed by atoms with Gasteiger partial charge in [-0.05, 0) is 12.1 Å². The molecule has 2 amide bonds. The van der Waals surface area contributed by atoms with Crippen molar-refractivity contribution in [2.24, 2.45) is 0 Å². The number of anilines is 2. The Morgan fingerprint density at radius 2 is 1.36 bits per heavy atom. The van der Waals surface area contributed by atoms with Crippen molar-refractivity contribution in [3.8, 4) is 17.2 Å². The minimum absolute atomic E-state index is 0.361. The third-order valence-electron chi connectivity index (χ3n) is 2.95. The number of carbonyl (C=O) groups is 1. The maximum atomic E-state index is 12.0. The highest BCUT2D eigenvalue weighted by atomic mass is 16.5. The molecule has 0 aliphatic heterocycles. The van der Waals surface area contributed by atoms with Crippen LogP contribution in [0, 0.1) is 0 Å². The topological polar surface area (TPSA) is 68.8 Å². The van der Waals surface area contributed by atoms with Gasteiger partial charge in [-0.15, -0.1) is 0 Å². The summed E-state index contributed by atoms with van der Waals surface area (Å²) in [5.41, 5.74) is 1.23. The fourth-order valence-corrected chi connectivity index (χ4v) is 1.97. The van der Waals surface area contributed by atoms with Crippen molar-refractivity contribution in [3.63, 3.8) is 0 Å². The Hall–Kier alpha value is -2.89. The van der Waals surface area contributed by atoms with Crippen molar-refractivity contribution in [2.45, 2.75) is 0 Å². The molecule has 0 heterocycles. The van der Waals surface area contributed by atoms with E-state index in [0.717, 1.165) is 0 Å². The van der Waals surface area contributed by atoms with Crippen LogP contribution in [0.15, 0.2) is 42.5 Å². The lowest BCUT2D eigenvalue weighted by Gasteiger charge is -2.15. The molecule has 0 aromatic heterocycles. The SMILES string of the molecule is COc1cc(NC(=O)Nc2ccccc2)cc(OC)c1OC. The van der Waals surface area contributed by atoms with Gasteiger partial charge in [0.1, 0.15) is 0 Å². The molecule has 0 bridgehead atoms. The van der Waals surface area contributed by atoms with Gasteiger partial charge in [-0.2, -0.15) is 0 Å². The Labute approximate surface area is 129 Å². The number of amides is 2. The number of para-hydroxylation sites is 1. The van der Waals surface area contributed by atoms with E-state index in [-0.39, 0.29) is 6.03 Å². The van der Waals surface area contributed by atoms with Crippen molar-refractivity contribution in [3.05, 3.63) is 42.5 Å². The van der Waals surface area contributed by atoms with Gasteiger partial charge in [-0.1, -0.05) is 18.2 Å². The largest absolute Gasteiger partial charge is 0.493 e. The number of hydrogen-bond donors (Lipinski definition) is 2. The summed E-state index contributed by atoms with van der Waals surface area (Å²) in [6.45, 7) is 0. The fourth-order valence-electron chi connectivity index (χ4n) is 1.97. The molecule has 0 saturated heterocycles. The van der Waals surface area contributed by atoms with Crippen LogP contribution in [0.1, 0.15) is 0 Å². The van der Waals surface area contributed by atoms with Crippen LogP contribution in [0.4, 0.5) is 16.2 Å². The van der Waals surface area contributed by atoms with Crippen LogP contribution >= 0.6 is 0 Å². The van der Waals surface area contributed by atoms with Gasteiger partial charge in [0.25, 0.3) is 0 Å². The number of nitrogens with one attached hydrogen (secondary N) is 2. The van der Waals surface area contributed by atoms with Gasteiger partial charge in [0, 0.05) is 17.8 Å². The predicted octanol–water partition coefficient (Wildman–Crippen LogP) is 3.36. The lowest BCUT2D eigenvalue weighted by atomic mass is 10.2. The molecule has 0 aliphatic rings. The van der Waals surface area contributed by atoms with Crippen molar-refractivity contribution >= 4 is 17.4 Å². The zero-order chi connectivity index (χ0) is 15.9. The molecule has 0 aliphatic carbocycles. The van der Waals surface area contributed by atoms with E-state index in [2.05, 4.69) is 10.6 Å². The van der Waals surface area contributed by atoms with Crippen molar-refractivity contribution in [1.82, 2.24) is 0 Å². The standard InChI is InChI=1S/C16H18N2O4/c1-20-13-9-12(10-14(21-2)15(13)22-3)18-16(19)17-11-7-5-4-6-8-11/h4-10H,1-3H3,(H2,17,18,19). The highest BCUT2D eigenvalue weighted by Crippen LogP contribution is 2.39. The van der Waals surface area contributed by atoms with E-state index in [1.165, 1.54) is 21.3 Å². The summed E-state index contributed by atoms with van der Waals surface area (Å²) in [5, 5.41) is 5.46. The van der Waals surface area contributed by atoms with Gasteiger partial charge in [0.2, 0.25) is 5.75 Å². The smallest absolute Gasteiger partial charge is 0.323 e. The van der Waals surface area contributed by atoms with E-state index in [4.69, 9.17) is 14.2 Å². The van der Waals surface area contributed by atoms with Gasteiger partial charge in [-0.3, -0.25) is 0 Å². The molecule has 2 rings (SSSR count). The van der Waals surface area contributed by atoms with Crippen molar-refractivity contribution in [2.75, 3.05) is 32.0 Å². The fraction of sp³-hybridized carbons (Fsp3) is 0.188. The van der Waals surface area contributed by atoms with E-state index in [1.54, 1.807) is 24.3 Å². The van der Waals surface area contributed by atoms with Crippen LogP contribution in [-0.2, 0) is 0 Å². The third-order valence-corrected chi connectivity index (χ3v) is 2.95. The molecule has 2 aromatic rings. The maximum Gasteiger partial charge on any atom is 0.323 e. The molecule has 0 spiro atoms.